The fourth-order valence-corrected chi connectivity index (χ4v) is 4.38. The average molecular weight is 449 g/mol. The Morgan fingerprint density at radius 1 is 1.03 bits per heavy atom. The number of piperidine rings is 1. The van der Waals surface area contributed by atoms with Crippen LogP contribution < -0.4 is 5.32 Å². The van der Waals surface area contributed by atoms with Gasteiger partial charge in [0.2, 0.25) is 11.8 Å². The molecule has 0 saturated carbocycles. The van der Waals surface area contributed by atoms with Gasteiger partial charge >= 0.3 is 0 Å². The Bertz CT molecular complexity index is 1140. The number of nitrogens with zero attached hydrogens (tertiary/aromatic N) is 3. The van der Waals surface area contributed by atoms with E-state index in [9.17, 15) is 19.5 Å². The number of benzene rings is 2. The van der Waals surface area contributed by atoms with Crippen LogP contribution in [0.5, 0.6) is 5.75 Å². The molecule has 0 aliphatic carbocycles. The van der Waals surface area contributed by atoms with Crippen molar-refractivity contribution in [2.24, 2.45) is 10.2 Å². The van der Waals surface area contributed by atoms with Crippen LogP contribution >= 0.6 is 0 Å². The second kappa shape index (κ2) is 8.77. The highest BCUT2D eigenvalue weighted by Crippen LogP contribution is 2.39. The van der Waals surface area contributed by atoms with Crippen molar-refractivity contribution in [2.45, 2.75) is 65.0 Å². The Hall–Kier alpha value is -3.55. The summed E-state index contributed by atoms with van der Waals surface area (Å²) < 4.78 is 0. The molecule has 2 aromatic carbocycles. The molecule has 0 spiro atoms. The smallest absolute Gasteiger partial charge is 0.255 e. The molecule has 172 valence electrons. The first-order chi connectivity index (χ1) is 15.7. The molecule has 2 heterocycles. The van der Waals surface area contributed by atoms with Gasteiger partial charge in [-0.1, -0.05) is 33.8 Å². The number of nitrogens with one attached hydrogen (secondary N) is 1. The van der Waals surface area contributed by atoms with Gasteiger partial charge in [-0.3, -0.25) is 19.7 Å². The molecule has 1 fully saturated rings. The normalized spacial score (nSPS) is 18.5. The quantitative estimate of drug-likeness (QED) is 0.505. The summed E-state index contributed by atoms with van der Waals surface area (Å²) in [4.78, 5) is 38.3. The number of hydrogen-bond donors (Lipinski definition) is 2. The molecule has 1 atom stereocenters. The van der Waals surface area contributed by atoms with E-state index in [2.05, 4.69) is 15.5 Å². The van der Waals surface area contributed by atoms with E-state index < -0.39 is 11.9 Å². The predicted molar refractivity (Wildman–Crippen MR) is 123 cm³/mol. The fraction of sp³-hybridized carbons (Fsp3) is 0.400. The van der Waals surface area contributed by atoms with E-state index in [1.54, 1.807) is 18.2 Å². The van der Waals surface area contributed by atoms with Crippen molar-refractivity contribution in [1.29, 1.82) is 0 Å². The first kappa shape index (κ1) is 22.6. The van der Waals surface area contributed by atoms with E-state index in [0.717, 1.165) is 11.1 Å². The minimum absolute atomic E-state index is 0.123. The van der Waals surface area contributed by atoms with Gasteiger partial charge in [0.05, 0.1) is 11.4 Å². The number of carbonyl (C=O) groups is 3. The van der Waals surface area contributed by atoms with Crippen molar-refractivity contribution in [1.82, 2.24) is 10.2 Å². The summed E-state index contributed by atoms with van der Waals surface area (Å²) in [6.07, 6.45) is 0.519. The number of hydrogen-bond acceptors (Lipinski definition) is 6. The monoisotopic (exact) mass is 448 g/mol. The van der Waals surface area contributed by atoms with Crippen molar-refractivity contribution in [2.75, 3.05) is 0 Å². The highest BCUT2D eigenvalue weighted by molar-refractivity contribution is 6.06. The average Bonchev–Trinajstić information content (AvgIpc) is 3.09. The summed E-state index contributed by atoms with van der Waals surface area (Å²) in [6.45, 7) is 8.29. The fourth-order valence-electron chi connectivity index (χ4n) is 4.38. The van der Waals surface area contributed by atoms with Crippen LogP contribution in [0.3, 0.4) is 0 Å². The Labute approximate surface area is 192 Å². The van der Waals surface area contributed by atoms with Gasteiger partial charge in [-0.25, -0.2) is 0 Å². The Kier molecular flexibility index (Phi) is 6.01. The molecular weight excluding hydrogens is 420 g/mol. The lowest BCUT2D eigenvalue weighted by molar-refractivity contribution is -0.136. The second-order valence-corrected chi connectivity index (χ2v) is 9.19. The summed E-state index contributed by atoms with van der Waals surface area (Å²) in [5.41, 5.74) is 4.01. The Morgan fingerprint density at radius 3 is 2.30 bits per heavy atom. The predicted octanol–water partition coefficient (Wildman–Crippen LogP) is 4.82. The number of imide groups is 1. The zero-order valence-electron chi connectivity index (χ0n) is 19.3. The van der Waals surface area contributed by atoms with E-state index in [1.165, 1.54) is 4.90 Å². The third-order valence-electron chi connectivity index (χ3n) is 6.23. The molecule has 4 rings (SSSR count). The zero-order chi connectivity index (χ0) is 23.9. The van der Waals surface area contributed by atoms with Gasteiger partial charge in [-0.15, -0.1) is 0 Å². The van der Waals surface area contributed by atoms with Gasteiger partial charge in [-0.2, -0.15) is 10.2 Å². The molecule has 8 nitrogen and oxygen atoms in total. The summed E-state index contributed by atoms with van der Waals surface area (Å²) in [5.74, 6) is -0.459. The lowest BCUT2D eigenvalue weighted by Gasteiger charge is -2.29. The van der Waals surface area contributed by atoms with E-state index in [1.807, 2.05) is 39.8 Å². The first-order valence-electron chi connectivity index (χ1n) is 11.2. The summed E-state index contributed by atoms with van der Waals surface area (Å²) in [6, 6.07) is 8.24. The number of fused-ring (bicyclic) bond motifs is 1. The van der Waals surface area contributed by atoms with Crippen LogP contribution in [0.25, 0.3) is 0 Å². The highest BCUT2D eigenvalue weighted by Gasteiger charge is 2.39. The van der Waals surface area contributed by atoms with Crippen molar-refractivity contribution in [3.8, 4) is 5.75 Å². The molecule has 0 bridgehead atoms. The number of aromatic hydroxyl groups is 1. The third kappa shape index (κ3) is 4.25. The lowest BCUT2D eigenvalue weighted by atomic mass is 9.93. The minimum atomic E-state index is -0.674. The van der Waals surface area contributed by atoms with E-state index in [-0.39, 0.29) is 36.6 Å². The molecule has 2 aliphatic rings. The molecule has 2 N–H and O–H groups in total. The molecular formula is C25H28N4O4. The molecule has 8 heteroatoms. The number of carbonyl (C=O) groups excluding carboxylic acids is 3. The van der Waals surface area contributed by atoms with Crippen LogP contribution in [0.4, 0.5) is 11.4 Å². The number of phenolic OH excluding ortho intramolecular Hbond substituents is 1. The standard InChI is InChI=1S/C25H28N4O4/c1-13(2)17-10-15(11-18(14(3)4)23(17)31)27-28-20-7-5-6-16-19(20)12-29(25(16)33)21-8-9-22(30)26-24(21)32/h5-7,10-11,13-14,21,31H,8-9,12H2,1-4H3,(H,26,30,32)/b28-27+. The molecule has 0 aromatic heterocycles. The molecule has 33 heavy (non-hydrogen) atoms. The molecule has 3 amide bonds. The van der Waals surface area contributed by atoms with Crippen LogP contribution in [-0.2, 0) is 16.1 Å². The van der Waals surface area contributed by atoms with Crippen LogP contribution in [0.1, 0.15) is 79.4 Å². The van der Waals surface area contributed by atoms with Gasteiger partial charge in [0.1, 0.15) is 11.8 Å². The van der Waals surface area contributed by atoms with Crippen molar-refractivity contribution in [3.63, 3.8) is 0 Å². The first-order valence-corrected chi connectivity index (χ1v) is 11.2. The number of amides is 3. The molecule has 2 aromatic rings. The minimum Gasteiger partial charge on any atom is -0.507 e. The van der Waals surface area contributed by atoms with Crippen LogP contribution in [-0.4, -0.2) is 33.8 Å². The SMILES string of the molecule is CC(C)c1cc(/N=N/c2cccc3c2CN(C2CCC(=O)NC2=O)C3=O)cc(C(C)C)c1O. The van der Waals surface area contributed by atoms with Gasteiger partial charge in [0.25, 0.3) is 5.91 Å². The number of azo groups is 1. The largest absolute Gasteiger partial charge is 0.507 e. The van der Waals surface area contributed by atoms with Crippen molar-refractivity contribution in [3.05, 3.63) is 52.6 Å². The summed E-state index contributed by atoms with van der Waals surface area (Å²) in [7, 11) is 0. The van der Waals surface area contributed by atoms with E-state index in [0.29, 0.717) is 34.7 Å². The van der Waals surface area contributed by atoms with E-state index in [4.69, 9.17) is 0 Å². The Balaban J connectivity index is 1.65. The van der Waals surface area contributed by atoms with Crippen LogP contribution in [0.15, 0.2) is 40.6 Å². The zero-order valence-corrected chi connectivity index (χ0v) is 19.3. The molecule has 2 aliphatic heterocycles. The van der Waals surface area contributed by atoms with Gasteiger partial charge in [0.15, 0.2) is 0 Å². The summed E-state index contributed by atoms with van der Waals surface area (Å²) in [5, 5.41) is 21.8. The topological polar surface area (TPSA) is 111 Å². The lowest BCUT2D eigenvalue weighted by Crippen LogP contribution is -2.52. The van der Waals surface area contributed by atoms with Crippen molar-refractivity contribution < 1.29 is 19.5 Å². The second-order valence-electron chi connectivity index (χ2n) is 9.19. The van der Waals surface area contributed by atoms with Gasteiger partial charge in [0, 0.05) is 24.1 Å². The number of rotatable bonds is 5. The van der Waals surface area contributed by atoms with Crippen LogP contribution in [0.2, 0.25) is 0 Å². The third-order valence-corrected chi connectivity index (χ3v) is 6.23. The maximum absolute atomic E-state index is 13.0. The van der Waals surface area contributed by atoms with Gasteiger partial charge < -0.3 is 10.0 Å². The highest BCUT2D eigenvalue weighted by atomic mass is 16.3. The summed E-state index contributed by atoms with van der Waals surface area (Å²) >= 11 is 0. The molecule has 1 unspecified atom stereocenters. The molecule has 0 radical (unpaired) electrons. The maximum atomic E-state index is 13.0. The maximum Gasteiger partial charge on any atom is 0.255 e. The molecule has 1 saturated heterocycles. The van der Waals surface area contributed by atoms with E-state index >= 15 is 0 Å². The van der Waals surface area contributed by atoms with Gasteiger partial charge in [-0.05, 0) is 53.6 Å². The van der Waals surface area contributed by atoms with Crippen LogP contribution in [0, 0.1) is 0 Å². The van der Waals surface area contributed by atoms with Crippen molar-refractivity contribution >= 4 is 29.1 Å². The number of phenols is 1. The Morgan fingerprint density at radius 2 is 1.70 bits per heavy atom.